The van der Waals surface area contributed by atoms with Gasteiger partial charge in [-0.15, -0.1) is 0 Å². The lowest BCUT2D eigenvalue weighted by Gasteiger charge is -2.36. The van der Waals surface area contributed by atoms with Gasteiger partial charge in [-0.25, -0.2) is 9.07 Å². The second-order valence-corrected chi connectivity index (χ2v) is 7.63. The lowest BCUT2D eigenvalue weighted by molar-refractivity contribution is 0.385. The van der Waals surface area contributed by atoms with Crippen LogP contribution in [0.2, 0.25) is 0 Å². The molecule has 1 aliphatic rings. The van der Waals surface area contributed by atoms with Crippen molar-refractivity contribution < 1.29 is 9.13 Å². The minimum atomic E-state index is -0.374. The minimum absolute atomic E-state index is 0.0171. The third-order valence-electron chi connectivity index (χ3n) is 5.65. The fourth-order valence-corrected chi connectivity index (χ4v) is 4.23. The van der Waals surface area contributed by atoms with Gasteiger partial charge in [-0.1, -0.05) is 24.3 Å². The summed E-state index contributed by atoms with van der Waals surface area (Å²) in [5.74, 6) is 0.305. The number of nitrogens with two attached hydrogens (primary N) is 2. The summed E-state index contributed by atoms with van der Waals surface area (Å²) in [6, 6.07) is 13.2. The van der Waals surface area contributed by atoms with Crippen molar-refractivity contribution in [2.24, 2.45) is 0 Å². The number of nitrogen functional groups attached to an aromatic ring is 2. The summed E-state index contributed by atoms with van der Waals surface area (Å²) in [5.41, 5.74) is 15.8. The van der Waals surface area contributed by atoms with E-state index in [1.54, 1.807) is 18.3 Å². The van der Waals surface area contributed by atoms with E-state index in [1.807, 2.05) is 16.8 Å². The Morgan fingerprint density at radius 2 is 2.00 bits per heavy atom. The molecule has 0 spiro atoms. The Bertz CT molecular complexity index is 1270. The molecule has 2 aromatic heterocycles. The molecule has 31 heavy (non-hydrogen) atoms. The molecule has 1 atom stereocenters. The van der Waals surface area contributed by atoms with Crippen LogP contribution in [0.3, 0.4) is 0 Å². The van der Waals surface area contributed by atoms with Crippen molar-refractivity contribution in [3.8, 4) is 5.75 Å². The minimum Gasteiger partial charge on any atom is -0.494 e. The third kappa shape index (κ3) is 3.37. The number of methoxy groups -OCH3 is 1. The van der Waals surface area contributed by atoms with E-state index in [-0.39, 0.29) is 23.6 Å². The number of hydrogen-bond acceptors (Lipinski definition) is 7. The van der Waals surface area contributed by atoms with Gasteiger partial charge in [0, 0.05) is 18.8 Å². The molecular weight excluding hydrogens is 397 g/mol. The fraction of sp³-hybridized carbons (Fsp3) is 0.227. The molecular formula is C22H22FN7O. The summed E-state index contributed by atoms with van der Waals surface area (Å²) >= 11 is 0. The van der Waals surface area contributed by atoms with Crippen LogP contribution in [-0.2, 0) is 13.0 Å². The first-order valence-corrected chi connectivity index (χ1v) is 9.95. The predicted octanol–water partition coefficient (Wildman–Crippen LogP) is 2.94. The summed E-state index contributed by atoms with van der Waals surface area (Å²) in [6.07, 6.45) is 2.47. The molecule has 158 valence electrons. The van der Waals surface area contributed by atoms with E-state index in [2.05, 4.69) is 32.1 Å². The van der Waals surface area contributed by atoms with Crippen molar-refractivity contribution in [1.82, 2.24) is 19.7 Å². The average Bonchev–Trinajstić information content (AvgIpc) is 3.19. The predicted molar refractivity (Wildman–Crippen MR) is 117 cm³/mol. The number of fused-ring (bicyclic) bond motifs is 2. The smallest absolute Gasteiger partial charge is 0.224 e. The molecule has 0 aliphatic carbocycles. The van der Waals surface area contributed by atoms with Crippen LogP contribution in [0.1, 0.15) is 17.2 Å². The second-order valence-electron chi connectivity index (χ2n) is 7.63. The van der Waals surface area contributed by atoms with E-state index in [0.717, 1.165) is 17.7 Å². The maximum atomic E-state index is 13.9. The van der Waals surface area contributed by atoms with Crippen LogP contribution >= 0.6 is 0 Å². The Balaban J connectivity index is 1.53. The highest BCUT2D eigenvalue weighted by atomic mass is 19.1. The normalized spacial score (nSPS) is 15.8. The molecule has 1 unspecified atom stereocenters. The molecule has 0 amide bonds. The van der Waals surface area contributed by atoms with Gasteiger partial charge in [0.15, 0.2) is 17.2 Å². The Kier molecular flexibility index (Phi) is 4.58. The molecule has 8 nitrogen and oxygen atoms in total. The second kappa shape index (κ2) is 7.42. The summed E-state index contributed by atoms with van der Waals surface area (Å²) in [7, 11) is 1.47. The summed E-state index contributed by atoms with van der Waals surface area (Å²) < 4.78 is 20.9. The van der Waals surface area contributed by atoms with Gasteiger partial charge >= 0.3 is 0 Å². The standard InChI is InChI=1S/C22H22FN7O/c1-31-19-8-13(6-7-17(19)23)11-29-12-15(9-14-4-2-3-5-18(14)29)30-21-16(10-26-30)20(24)27-22(25)28-21/h2-8,10,15H,9,11-12H2,1H3,(H4,24,25,27,28). The van der Waals surface area contributed by atoms with Gasteiger partial charge in [0.25, 0.3) is 0 Å². The molecule has 0 bridgehead atoms. The Labute approximate surface area is 178 Å². The number of anilines is 3. The van der Waals surface area contributed by atoms with Crippen molar-refractivity contribution in [3.63, 3.8) is 0 Å². The summed E-state index contributed by atoms with van der Waals surface area (Å²) in [4.78, 5) is 10.7. The van der Waals surface area contributed by atoms with Gasteiger partial charge < -0.3 is 21.1 Å². The SMILES string of the molecule is COc1cc(CN2CC(n3ncc4c(N)nc(N)nc43)Cc3ccccc32)ccc1F. The largest absolute Gasteiger partial charge is 0.494 e. The van der Waals surface area contributed by atoms with Crippen LogP contribution in [0.25, 0.3) is 11.0 Å². The monoisotopic (exact) mass is 419 g/mol. The van der Waals surface area contributed by atoms with E-state index in [0.29, 0.717) is 29.9 Å². The molecule has 9 heteroatoms. The van der Waals surface area contributed by atoms with Crippen molar-refractivity contribution in [3.05, 3.63) is 65.6 Å². The highest BCUT2D eigenvalue weighted by molar-refractivity contribution is 5.86. The fourth-order valence-electron chi connectivity index (χ4n) is 4.23. The van der Waals surface area contributed by atoms with E-state index >= 15 is 0 Å². The molecule has 5 rings (SSSR count). The first-order chi connectivity index (χ1) is 15.0. The summed E-state index contributed by atoms with van der Waals surface area (Å²) in [6.45, 7) is 1.29. The number of halogens is 1. The molecule has 0 saturated carbocycles. The molecule has 0 fully saturated rings. The van der Waals surface area contributed by atoms with Crippen molar-refractivity contribution >= 4 is 28.5 Å². The Morgan fingerprint density at radius 3 is 2.84 bits per heavy atom. The Hall–Kier alpha value is -3.88. The molecule has 0 radical (unpaired) electrons. The van der Waals surface area contributed by atoms with Gasteiger partial charge in [-0.2, -0.15) is 15.1 Å². The number of nitrogens with zero attached hydrogens (tertiary/aromatic N) is 5. The van der Waals surface area contributed by atoms with Crippen molar-refractivity contribution in [1.29, 1.82) is 0 Å². The van der Waals surface area contributed by atoms with Crippen LogP contribution in [0, 0.1) is 5.82 Å². The van der Waals surface area contributed by atoms with E-state index in [4.69, 9.17) is 16.2 Å². The molecule has 4 N–H and O–H groups in total. The average molecular weight is 419 g/mol. The molecule has 4 aromatic rings. The van der Waals surface area contributed by atoms with Gasteiger partial charge in [-0.05, 0) is 35.7 Å². The number of benzene rings is 2. The Morgan fingerprint density at radius 1 is 1.16 bits per heavy atom. The van der Waals surface area contributed by atoms with Gasteiger partial charge in [0.05, 0.1) is 24.7 Å². The zero-order chi connectivity index (χ0) is 21.5. The number of ether oxygens (including phenoxy) is 1. The lowest BCUT2D eigenvalue weighted by Crippen LogP contribution is -2.36. The van der Waals surface area contributed by atoms with Gasteiger partial charge in [-0.3, -0.25) is 0 Å². The number of hydrogen-bond donors (Lipinski definition) is 2. The zero-order valence-electron chi connectivity index (χ0n) is 17.0. The van der Waals surface area contributed by atoms with Crippen molar-refractivity contribution in [2.75, 3.05) is 30.0 Å². The highest BCUT2D eigenvalue weighted by Gasteiger charge is 2.28. The topological polar surface area (TPSA) is 108 Å². The van der Waals surface area contributed by atoms with Crippen LogP contribution in [-0.4, -0.2) is 33.4 Å². The van der Waals surface area contributed by atoms with Gasteiger partial charge in [0.2, 0.25) is 5.95 Å². The van der Waals surface area contributed by atoms with E-state index in [1.165, 1.54) is 18.7 Å². The highest BCUT2D eigenvalue weighted by Crippen LogP contribution is 2.34. The number of rotatable bonds is 4. The molecule has 0 saturated heterocycles. The van der Waals surface area contributed by atoms with Crippen LogP contribution < -0.4 is 21.1 Å². The van der Waals surface area contributed by atoms with Crippen molar-refractivity contribution in [2.45, 2.75) is 19.0 Å². The van der Waals surface area contributed by atoms with Crippen LogP contribution in [0.4, 0.5) is 21.8 Å². The first kappa shape index (κ1) is 19.1. The number of para-hydroxylation sites is 1. The summed E-state index contributed by atoms with van der Waals surface area (Å²) in [5, 5.41) is 5.24. The first-order valence-electron chi connectivity index (χ1n) is 9.95. The molecule has 1 aliphatic heterocycles. The van der Waals surface area contributed by atoms with Gasteiger partial charge in [0.1, 0.15) is 5.82 Å². The molecule has 3 heterocycles. The maximum Gasteiger partial charge on any atom is 0.224 e. The van der Waals surface area contributed by atoms with Crippen LogP contribution in [0.5, 0.6) is 5.75 Å². The number of aromatic nitrogens is 4. The zero-order valence-corrected chi connectivity index (χ0v) is 17.0. The van der Waals surface area contributed by atoms with E-state index < -0.39 is 0 Å². The maximum absolute atomic E-state index is 13.9. The molecule has 2 aromatic carbocycles. The van der Waals surface area contributed by atoms with E-state index in [9.17, 15) is 4.39 Å². The van der Waals surface area contributed by atoms with Crippen LogP contribution in [0.15, 0.2) is 48.7 Å². The lowest BCUT2D eigenvalue weighted by atomic mass is 9.97. The quantitative estimate of drug-likeness (QED) is 0.523. The third-order valence-corrected chi connectivity index (χ3v) is 5.65.